The highest BCUT2D eigenvalue weighted by atomic mass is 79.9. The molecule has 2 rings (SSSR count). The van der Waals surface area contributed by atoms with Crippen LogP contribution in [-0.4, -0.2) is 5.91 Å². The van der Waals surface area contributed by atoms with Crippen molar-refractivity contribution in [2.75, 3.05) is 5.32 Å². The van der Waals surface area contributed by atoms with Gasteiger partial charge in [-0.3, -0.25) is 4.79 Å². The lowest BCUT2D eigenvalue weighted by atomic mass is 9.95. The fourth-order valence-electron chi connectivity index (χ4n) is 2.07. The van der Waals surface area contributed by atoms with Gasteiger partial charge >= 0.3 is 0 Å². The number of carbonyl (C=O) groups is 1. The molecule has 0 fully saturated rings. The number of amides is 1. The van der Waals surface area contributed by atoms with Crippen molar-refractivity contribution < 1.29 is 9.18 Å². The Hall–Kier alpha value is -1.68. The Kier molecular flexibility index (Phi) is 4.90. The summed E-state index contributed by atoms with van der Waals surface area (Å²) in [7, 11) is 0. The van der Waals surface area contributed by atoms with Crippen molar-refractivity contribution in [3.8, 4) is 0 Å². The molecule has 0 bridgehead atoms. The molecule has 20 heavy (non-hydrogen) atoms. The van der Waals surface area contributed by atoms with Crippen molar-refractivity contribution >= 4 is 27.5 Å². The van der Waals surface area contributed by atoms with Gasteiger partial charge in [-0.1, -0.05) is 37.3 Å². The zero-order valence-corrected chi connectivity index (χ0v) is 12.7. The minimum atomic E-state index is -0.343. The molecule has 0 aliphatic heterocycles. The van der Waals surface area contributed by atoms with Gasteiger partial charge in [-0.2, -0.15) is 0 Å². The summed E-state index contributed by atoms with van der Waals surface area (Å²) < 4.78 is 13.6. The monoisotopic (exact) mass is 335 g/mol. The highest BCUT2D eigenvalue weighted by molar-refractivity contribution is 9.10. The number of rotatable bonds is 4. The molecule has 0 spiro atoms. The first kappa shape index (κ1) is 14.7. The molecule has 0 aliphatic carbocycles. The molecule has 104 valence electrons. The Labute approximate surface area is 126 Å². The molecule has 0 radical (unpaired) electrons. The molecule has 2 aromatic rings. The van der Waals surface area contributed by atoms with Gasteiger partial charge in [0, 0.05) is 4.47 Å². The van der Waals surface area contributed by atoms with E-state index < -0.39 is 0 Å². The van der Waals surface area contributed by atoms with E-state index in [1.165, 1.54) is 12.1 Å². The van der Waals surface area contributed by atoms with Gasteiger partial charge in [0.05, 0.1) is 11.6 Å². The summed E-state index contributed by atoms with van der Waals surface area (Å²) in [5, 5.41) is 2.83. The third-order valence-electron chi connectivity index (χ3n) is 3.12. The SMILES string of the molecule is CCC(C(=O)Nc1ccc(F)cc1Br)c1ccccc1. The van der Waals surface area contributed by atoms with E-state index in [1.54, 1.807) is 6.07 Å². The second-order valence-corrected chi connectivity index (χ2v) is 5.34. The normalized spacial score (nSPS) is 11.9. The van der Waals surface area contributed by atoms with Crippen molar-refractivity contribution in [3.05, 3.63) is 64.4 Å². The molecule has 2 nitrogen and oxygen atoms in total. The van der Waals surface area contributed by atoms with E-state index in [2.05, 4.69) is 21.2 Å². The number of anilines is 1. The first-order chi connectivity index (χ1) is 9.61. The van der Waals surface area contributed by atoms with Crippen LogP contribution in [0.25, 0.3) is 0 Å². The Balaban J connectivity index is 2.18. The van der Waals surface area contributed by atoms with Crippen LogP contribution >= 0.6 is 15.9 Å². The molecule has 0 saturated carbocycles. The molecule has 0 saturated heterocycles. The van der Waals surface area contributed by atoms with Gasteiger partial charge in [0.2, 0.25) is 5.91 Å². The van der Waals surface area contributed by atoms with E-state index in [4.69, 9.17) is 0 Å². The van der Waals surface area contributed by atoms with E-state index in [-0.39, 0.29) is 17.6 Å². The summed E-state index contributed by atoms with van der Waals surface area (Å²) in [4.78, 5) is 12.4. The number of carbonyl (C=O) groups excluding carboxylic acids is 1. The lowest BCUT2D eigenvalue weighted by Gasteiger charge is -2.16. The largest absolute Gasteiger partial charge is 0.325 e. The standard InChI is InChI=1S/C16H15BrFNO/c1-2-13(11-6-4-3-5-7-11)16(20)19-15-9-8-12(18)10-14(15)17/h3-10,13H,2H2,1H3,(H,19,20). The van der Waals surface area contributed by atoms with E-state index in [1.807, 2.05) is 37.3 Å². The van der Waals surface area contributed by atoms with Crippen molar-refractivity contribution in [1.82, 2.24) is 0 Å². The van der Waals surface area contributed by atoms with Crippen LogP contribution in [0.4, 0.5) is 10.1 Å². The second-order valence-electron chi connectivity index (χ2n) is 4.48. The fourth-order valence-corrected chi connectivity index (χ4v) is 2.52. The van der Waals surface area contributed by atoms with Crippen molar-refractivity contribution in [3.63, 3.8) is 0 Å². The number of hydrogen-bond donors (Lipinski definition) is 1. The Morgan fingerprint density at radius 2 is 1.95 bits per heavy atom. The Morgan fingerprint density at radius 3 is 2.55 bits per heavy atom. The molecular formula is C16H15BrFNO. The van der Waals surface area contributed by atoms with Crippen molar-refractivity contribution in [1.29, 1.82) is 0 Å². The zero-order chi connectivity index (χ0) is 14.5. The number of benzene rings is 2. The molecular weight excluding hydrogens is 321 g/mol. The van der Waals surface area contributed by atoms with Gasteiger partial charge in [-0.15, -0.1) is 0 Å². The van der Waals surface area contributed by atoms with Gasteiger partial charge in [0.15, 0.2) is 0 Å². The van der Waals surface area contributed by atoms with E-state index in [0.717, 1.165) is 5.56 Å². The van der Waals surface area contributed by atoms with Crippen LogP contribution in [0, 0.1) is 5.82 Å². The highest BCUT2D eigenvalue weighted by Gasteiger charge is 2.19. The Morgan fingerprint density at radius 1 is 1.25 bits per heavy atom. The average Bonchev–Trinajstić information content (AvgIpc) is 2.44. The summed E-state index contributed by atoms with van der Waals surface area (Å²) >= 11 is 3.25. The third-order valence-corrected chi connectivity index (χ3v) is 3.77. The zero-order valence-electron chi connectivity index (χ0n) is 11.1. The van der Waals surface area contributed by atoms with Crippen LogP contribution in [-0.2, 0) is 4.79 Å². The quantitative estimate of drug-likeness (QED) is 0.860. The van der Waals surface area contributed by atoms with Gasteiger partial charge < -0.3 is 5.32 Å². The minimum Gasteiger partial charge on any atom is -0.325 e. The van der Waals surface area contributed by atoms with Gasteiger partial charge in [-0.05, 0) is 46.1 Å². The van der Waals surface area contributed by atoms with Gasteiger partial charge in [0.1, 0.15) is 5.82 Å². The first-order valence-electron chi connectivity index (χ1n) is 6.42. The molecule has 2 aromatic carbocycles. The van der Waals surface area contributed by atoms with Crippen LogP contribution in [0.5, 0.6) is 0 Å². The van der Waals surface area contributed by atoms with Crippen LogP contribution in [0.15, 0.2) is 53.0 Å². The maximum atomic E-state index is 13.0. The van der Waals surface area contributed by atoms with Crippen molar-refractivity contribution in [2.45, 2.75) is 19.3 Å². The molecule has 1 unspecified atom stereocenters. The molecule has 0 aromatic heterocycles. The number of nitrogens with one attached hydrogen (secondary N) is 1. The number of halogens is 2. The van der Waals surface area contributed by atoms with E-state index in [9.17, 15) is 9.18 Å². The molecule has 1 N–H and O–H groups in total. The number of hydrogen-bond acceptors (Lipinski definition) is 1. The molecule has 0 heterocycles. The Bertz CT molecular complexity index is 601. The topological polar surface area (TPSA) is 29.1 Å². The van der Waals surface area contributed by atoms with Crippen molar-refractivity contribution in [2.24, 2.45) is 0 Å². The first-order valence-corrected chi connectivity index (χ1v) is 7.22. The minimum absolute atomic E-state index is 0.0917. The lowest BCUT2D eigenvalue weighted by Crippen LogP contribution is -2.20. The lowest BCUT2D eigenvalue weighted by molar-refractivity contribution is -0.117. The second kappa shape index (κ2) is 6.66. The van der Waals surface area contributed by atoms with Crippen LogP contribution in [0.3, 0.4) is 0 Å². The average molecular weight is 336 g/mol. The van der Waals surface area contributed by atoms with E-state index in [0.29, 0.717) is 16.6 Å². The van der Waals surface area contributed by atoms with Gasteiger partial charge in [-0.25, -0.2) is 4.39 Å². The molecule has 0 aliphatic rings. The summed E-state index contributed by atoms with van der Waals surface area (Å²) in [5.74, 6) is -0.649. The third kappa shape index (κ3) is 3.45. The summed E-state index contributed by atoms with van der Waals surface area (Å²) in [6.45, 7) is 1.97. The maximum Gasteiger partial charge on any atom is 0.231 e. The van der Waals surface area contributed by atoms with Gasteiger partial charge in [0.25, 0.3) is 0 Å². The maximum absolute atomic E-state index is 13.0. The predicted molar refractivity (Wildman–Crippen MR) is 82.2 cm³/mol. The summed E-state index contributed by atoms with van der Waals surface area (Å²) in [6, 6.07) is 13.8. The van der Waals surface area contributed by atoms with Crippen LogP contribution in [0.2, 0.25) is 0 Å². The molecule has 1 amide bonds. The summed E-state index contributed by atoms with van der Waals surface area (Å²) in [5.41, 5.74) is 1.55. The van der Waals surface area contributed by atoms with E-state index >= 15 is 0 Å². The van der Waals surface area contributed by atoms with Crippen LogP contribution in [0.1, 0.15) is 24.8 Å². The molecule has 1 atom stereocenters. The highest BCUT2D eigenvalue weighted by Crippen LogP contribution is 2.26. The molecule has 4 heteroatoms. The fraction of sp³-hybridized carbons (Fsp3) is 0.188. The smallest absolute Gasteiger partial charge is 0.231 e. The van der Waals surface area contributed by atoms with Crippen LogP contribution < -0.4 is 5.32 Å². The predicted octanol–water partition coefficient (Wildman–Crippen LogP) is 4.72. The summed E-state index contributed by atoms with van der Waals surface area (Å²) in [6.07, 6.45) is 0.703.